The van der Waals surface area contributed by atoms with Crippen molar-refractivity contribution in [3.63, 3.8) is 0 Å². The quantitative estimate of drug-likeness (QED) is 0.809. The fourth-order valence-electron chi connectivity index (χ4n) is 0.615. The van der Waals surface area contributed by atoms with Crippen molar-refractivity contribution in [3.8, 4) is 0 Å². The molecule has 0 fully saturated rings. The van der Waals surface area contributed by atoms with Crippen molar-refractivity contribution >= 4 is 44.8 Å². The van der Waals surface area contributed by atoms with Crippen LogP contribution < -0.4 is 5.73 Å². The van der Waals surface area contributed by atoms with Crippen LogP contribution in [0, 0.1) is 0 Å². The Balaban J connectivity index is 2.92. The highest BCUT2D eigenvalue weighted by Gasteiger charge is 2.17. The number of carbonyl (C=O) groups is 1. The third-order valence-electron chi connectivity index (χ3n) is 1.12. The van der Waals surface area contributed by atoms with E-state index < -0.39 is 11.3 Å². The van der Waals surface area contributed by atoms with Crippen LogP contribution >= 0.6 is 38.9 Å². The van der Waals surface area contributed by atoms with E-state index in [1.165, 1.54) is 11.3 Å². The summed E-state index contributed by atoms with van der Waals surface area (Å²) in [4.78, 5) is 11.4. The molecule has 1 aromatic heterocycles. The van der Waals surface area contributed by atoms with Gasteiger partial charge in [-0.15, -0.1) is 22.9 Å². The van der Waals surface area contributed by atoms with E-state index in [4.69, 9.17) is 17.3 Å². The van der Waals surface area contributed by atoms with Crippen LogP contribution in [0.5, 0.6) is 0 Å². The molecule has 2 N–H and O–H groups in total. The maximum absolute atomic E-state index is 10.6. The predicted octanol–water partition coefficient (Wildman–Crippen LogP) is 2.28. The molecule has 1 aromatic rings. The molecule has 0 saturated heterocycles. The van der Waals surface area contributed by atoms with Gasteiger partial charge in [-0.3, -0.25) is 4.79 Å². The number of nitrogens with two attached hydrogens (primary N) is 1. The van der Waals surface area contributed by atoms with Crippen LogP contribution in [0.15, 0.2) is 15.9 Å². The summed E-state index contributed by atoms with van der Waals surface area (Å²) in [5.41, 5.74) is 5.01. The van der Waals surface area contributed by atoms with E-state index in [0.717, 1.165) is 9.35 Å². The molecule has 5 heteroatoms. The number of thiophene rings is 1. The number of primary amides is 1. The number of hydrogen-bond donors (Lipinski definition) is 1. The number of alkyl halides is 1. The van der Waals surface area contributed by atoms with E-state index in [2.05, 4.69) is 15.9 Å². The molecule has 0 aliphatic rings. The van der Waals surface area contributed by atoms with Crippen molar-refractivity contribution < 1.29 is 4.79 Å². The summed E-state index contributed by atoms with van der Waals surface area (Å²) in [7, 11) is 0. The average molecular weight is 255 g/mol. The number of amides is 1. The summed E-state index contributed by atoms with van der Waals surface area (Å²) in [5.74, 6) is -0.519. The lowest BCUT2D eigenvalue weighted by molar-refractivity contribution is -0.117. The molecule has 60 valence electrons. The molecule has 0 saturated carbocycles. The topological polar surface area (TPSA) is 43.1 Å². The van der Waals surface area contributed by atoms with Gasteiger partial charge in [0, 0.05) is 9.35 Å². The van der Waals surface area contributed by atoms with Crippen molar-refractivity contribution in [2.75, 3.05) is 0 Å². The van der Waals surface area contributed by atoms with Gasteiger partial charge in [0.2, 0.25) is 5.91 Å². The SMILES string of the molecule is NC(=O)C(Cl)c1sccc1Br. The zero-order valence-electron chi connectivity index (χ0n) is 5.38. The summed E-state index contributed by atoms with van der Waals surface area (Å²) in [6.07, 6.45) is 0. The molecule has 0 aromatic carbocycles. The minimum atomic E-state index is -0.718. The van der Waals surface area contributed by atoms with Gasteiger partial charge < -0.3 is 5.73 Å². The molecule has 2 nitrogen and oxygen atoms in total. The number of rotatable bonds is 2. The number of carbonyl (C=O) groups excluding carboxylic acids is 1. The van der Waals surface area contributed by atoms with Crippen molar-refractivity contribution in [1.29, 1.82) is 0 Å². The molecule has 1 unspecified atom stereocenters. The van der Waals surface area contributed by atoms with Crippen LogP contribution in [0.3, 0.4) is 0 Å². The maximum Gasteiger partial charge on any atom is 0.240 e. The first-order chi connectivity index (χ1) is 5.13. The summed E-state index contributed by atoms with van der Waals surface area (Å²) < 4.78 is 0.835. The molecule has 0 aliphatic carbocycles. The van der Waals surface area contributed by atoms with Crippen molar-refractivity contribution in [1.82, 2.24) is 0 Å². The maximum atomic E-state index is 10.6. The zero-order valence-corrected chi connectivity index (χ0v) is 8.54. The number of halogens is 2. The third-order valence-corrected chi connectivity index (χ3v) is 3.62. The Hall–Kier alpha value is -0.0600. The molecule has 0 radical (unpaired) electrons. The number of hydrogen-bond acceptors (Lipinski definition) is 2. The van der Waals surface area contributed by atoms with Crippen LogP contribution in [0.25, 0.3) is 0 Å². The highest BCUT2D eigenvalue weighted by atomic mass is 79.9. The smallest absolute Gasteiger partial charge is 0.240 e. The van der Waals surface area contributed by atoms with Gasteiger partial charge in [0.05, 0.1) is 0 Å². The molecule has 1 atom stereocenters. The monoisotopic (exact) mass is 253 g/mol. The van der Waals surface area contributed by atoms with Gasteiger partial charge in [0.15, 0.2) is 0 Å². The minimum absolute atomic E-state index is 0.519. The zero-order chi connectivity index (χ0) is 8.43. The summed E-state index contributed by atoms with van der Waals surface area (Å²) in [6, 6.07) is 1.83. The van der Waals surface area contributed by atoms with Gasteiger partial charge in [-0.2, -0.15) is 0 Å². The van der Waals surface area contributed by atoms with E-state index in [9.17, 15) is 4.79 Å². The van der Waals surface area contributed by atoms with Crippen LogP contribution in [-0.2, 0) is 4.79 Å². The van der Waals surface area contributed by atoms with Crippen LogP contribution in [-0.4, -0.2) is 5.91 Å². The summed E-state index contributed by atoms with van der Waals surface area (Å²) >= 11 is 10.4. The van der Waals surface area contributed by atoms with E-state index in [0.29, 0.717) is 0 Å². The molecule has 1 amide bonds. The van der Waals surface area contributed by atoms with Crippen molar-refractivity contribution in [2.24, 2.45) is 5.73 Å². The predicted molar refractivity (Wildman–Crippen MR) is 49.8 cm³/mol. The molecular formula is C6H5BrClNOS. The molecule has 1 heterocycles. The molecule has 11 heavy (non-hydrogen) atoms. The third kappa shape index (κ3) is 1.95. The molecule has 0 aliphatic heterocycles. The lowest BCUT2D eigenvalue weighted by atomic mass is 10.3. The Bertz CT molecular complexity index is 275. The Kier molecular flexibility index (Phi) is 2.92. The molecule has 0 spiro atoms. The van der Waals surface area contributed by atoms with E-state index in [1.807, 2.05) is 11.4 Å². The minimum Gasteiger partial charge on any atom is -0.368 e. The Morgan fingerprint density at radius 3 is 2.82 bits per heavy atom. The second-order valence-corrected chi connectivity index (χ2v) is 4.14. The lowest BCUT2D eigenvalue weighted by Crippen LogP contribution is -2.16. The van der Waals surface area contributed by atoms with Crippen LogP contribution in [0.4, 0.5) is 0 Å². The highest BCUT2D eigenvalue weighted by molar-refractivity contribution is 9.10. The van der Waals surface area contributed by atoms with Gasteiger partial charge in [0.25, 0.3) is 0 Å². The fraction of sp³-hybridized carbons (Fsp3) is 0.167. The molecular weight excluding hydrogens is 249 g/mol. The Morgan fingerprint density at radius 1 is 1.82 bits per heavy atom. The van der Waals surface area contributed by atoms with Gasteiger partial charge in [-0.05, 0) is 27.4 Å². The van der Waals surface area contributed by atoms with E-state index >= 15 is 0 Å². The molecule has 1 rings (SSSR count). The van der Waals surface area contributed by atoms with Gasteiger partial charge >= 0.3 is 0 Å². The first kappa shape index (κ1) is 9.03. The standard InChI is InChI=1S/C6H5BrClNOS/c7-3-1-2-11-5(3)4(8)6(9)10/h1-2,4H,(H2,9,10). The van der Waals surface area contributed by atoms with Gasteiger partial charge in [-0.1, -0.05) is 0 Å². The highest BCUT2D eigenvalue weighted by Crippen LogP contribution is 2.32. The normalized spacial score (nSPS) is 12.9. The van der Waals surface area contributed by atoms with Crippen LogP contribution in [0.2, 0.25) is 0 Å². The largest absolute Gasteiger partial charge is 0.368 e. The summed E-state index contributed by atoms with van der Waals surface area (Å²) in [5, 5.41) is 1.13. The Labute approximate surface area is 81.5 Å². The summed E-state index contributed by atoms with van der Waals surface area (Å²) in [6.45, 7) is 0. The first-order valence-electron chi connectivity index (χ1n) is 2.79. The average Bonchev–Trinajstić information content (AvgIpc) is 2.33. The molecule has 0 bridgehead atoms. The van der Waals surface area contributed by atoms with E-state index in [-0.39, 0.29) is 0 Å². The van der Waals surface area contributed by atoms with Crippen molar-refractivity contribution in [2.45, 2.75) is 5.38 Å². The second-order valence-electron chi connectivity index (χ2n) is 1.90. The second kappa shape index (κ2) is 3.56. The Morgan fingerprint density at radius 2 is 2.45 bits per heavy atom. The van der Waals surface area contributed by atoms with Crippen LogP contribution in [0.1, 0.15) is 10.3 Å². The lowest BCUT2D eigenvalue weighted by Gasteiger charge is -2.01. The van der Waals surface area contributed by atoms with E-state index in [1.54, 1.807) is 0 Å². The van der Waals surface area contributed by atoms with Crippen molar-refractivity contribution in [3.05, 3.63) is 20.8 Å². The first-order valence-corrected chi connectivity index (χ1v) is 4.90. The fourth-order valence-corrected chi connectivity index (χ4v) is 2.60. The van der Waals surface area contributed by atoms with Gasteiger partial charge in [-0.25, -0.2) is 0 Å². The van der Waals surface area contributed by atoms with Gasteiger partial charge in [0.1, 0.15) is 5.38 Å².